The second-order valence-corrected chi connectivity index (χ2v) is 5.68. The molecule has 1 aliphatic carbocycles. The van der Waals surface area contributed by atoms with Crippen LogP contribution in [0.4, 0.5) is 11.4 Å². The number of carbonyl (C=O) groups is 1. The Bertz CT molecular complexity index is 389. The van der Waals surface area contributed by atoms with E-state index in [4.69, 9.17) is 5.73 Å². The number of carbonyl (C=O) groups excluding carboxylic acids is 1. The first-order chi connectivity index (χ1) is 8.24. The predicted octanol–water partition coefficient (Wildman–Crippen LogP) is 2.88. The maximum absolute atomic E-state index is 11.7. The maximum atomic E-state index is 11.7. The van der Waals surface area contributed by atoms with Crippen LogP contribution in [-0.4, -0.2) is 16.9 Å². The molecule has 0 unspecified atom stereocenters. The lowest BCUT2D eigenvalue weighted by atomic mass is 10.3. The van der Waals surface area contributed by atoms with Crippen LogP contribution in [0, 0.1) is 0 Å². The molecule has 0 aromatic heterocycles. The highest BCUT2D eigenvalue weighted by molar-refractivity contribution is 8.00. The average molecular weight is 250 g/mol. The van der Waals surface area contributed by atoms with Gasteiger partial charge in [0.05, 0.1) is 5.75 Å². The summed E-state index contributed by atoms with van der Waals surface area (Å²) in [4.78, 5) is 11.7. The minimum atomic E-state index is 0.0625. The molecule has 1 aromatic rings. The summed E-state index contributed by atoms with van der Waals surface area (Å²) in [5.74, 6) is 0.604. The van der Waals surface area contributed by atoms with Crippen LogP contribution in [0.1, 0.15) is 25.7 Å². The van der Waals surface area contributed by atoms with Gasteiger partial charge in [-0.2, -0.15) is 0 Å². The van der Waals surface area contributed by atoms with E-state index in [9.17, 15) is 4.79 Å². The molecule has 0 radical (unpaired) electrons. The van der Waals surface area contributed by atoms with Crippen molar-refractivity contribution in [3.63, 3.8) is 0 Å². The molecule has 1 fully saturated rings. The smallest absolute Gasteiger partial charge is 0.234 e. The zero-order valence-electron chi connectivity index (χ0n) is 9.82. The van der Waals surface area contributed by atoms with Gasteiger partial charge in [0.15, 0.2) is 0 Å². The number of thioether (sulfide) groups is 1. The van der Waals surface area contributed by atoms with E-state index >= 15 is 0 Å². The van der Waals surface area contributed by atoms with Crippen LogP contribution in [0.15, 0.2) is 24.3 Å². The molecule has 1 aromatic carbocycles. The fourth-order valence-corrected chi connectivity index (χ4v) is 3.19. The molecule has 0 saturated heterocycles. The second-order valence-electron chi connectivity index (χ2n) is 4.39. The molecule has 1 saturated carbocycles. The largest absolute Gasteiger partial charge is 0.399 e. The topological polar surface area (TPSA) is 55.1 Å². The quantitative estimate of drug-likeness (QED) is 0.808. The number of amides is 1. The molecular formula is C13H18N2OS. The third-order valence-corrected chi connectivity index (χ3v) is 4.29. The fourth-order valence-electron chi connectivity index (χ4n) is 2.06. The summed E-state index contributed by atoms with van der Waals surface area (Å²) >= 11 is 1.77. The Morgan fingerprint density at radius 2 is 2.18 bits per heavy atom. The number of anilines is 2. The summed E-state index contributed by atoms with van der Waals surface area (Å²) in [6.45, 7) is 0. The van der Waals surface area contributed by atoms with Crippen LogP contribution in [-0.2, 0) is 4.79 Å². The number of benzene rings is 1. The van der Waals surface area contributed by atoms with Gasteiger partial charge in [0.2, 0.25) is 5.91 Å². The highest BCUT2D eigenvalue weighted by Gasteiger charge is 2.16. The van der Waals surface area contributed by atoms with Crippen molar-refractivity contribution < 1.29 is 4.79 Å². The summed E-state index contributed by atoms with van der Waals surface area (Å²) in [5.41, 5.74) is 7.10. The number of hydrogen-bond donors (Lipinski definition) is 2. The van der Waals surface area contributed by atoms with E-state index in [0.29, 0.717) is 16.7 Å². The van der Waals surface area contributed by atoms with Crippen molar-refractivity contribution >= 4 is 29.0 Å². The first-order valence-corrected chi connectivity index (χ1v) is 7.06. The summed E-state index contributed by atoms with van der Waals surface area (Å²) < 4.78 is 0. The molecular weight excluding hydrogens is 232 g/mol. The Balaban J connectivity index is 1.76. The van der Waals surface area contributed by atoms with Crippen molar-refractivity contribution in [1.82, 2.24) is 0 Å². The lowest BCUT2D eigenvalue weighted by Gasteiger charge is -2.09. The van der Waals surface area contributed by atoms with Gasteiger partial charge in [0.1, 0.15) is 0 Å². The zero-order chi connectivity index (χ0) is 12.1. The van der Waals surface area contributed by atoms with E-state index in [1.54, 1.807) is 17.8 Å². The van der Waals surface area contributed by atoms with Crippen LogP contribution in [0.5, 0.6) is 0 Å². The minimum absolute atomic E-state index is 0.0625. The van der Waals surface area contributed by atoms with E-state index in [1.807, 2.05) is 18.2 Å². The molecule has 0 atom stereocenters. The van der Waals surface area contributed by atoms with Gasteiger partial charge >= 0.3 is 0 Å². The van der Waals surface area contributed by atoms with Crippen molar-refractivity contribution in [3.05, 3.63) is 24.3 Å². The SMILES string of the molecule is Nc1cccc(NC(=O)CSC2CCCC2)c1. The van der Waals surface area contributed by atoms with E-state index in [2.05, 4.69) is 5.32 Å². The predicted molar refractivity (Wildman–Crippen MR) is 74.2 cm³/mol. The van der Waals surface area contributed by atoms with Crippen molar-refractivity contribution in [3.8, 4) is 0 Å². The molecule has 0 aliphatic heterocycles. The van der Waals surface area contributed by atoms with Crippen LogP contribution in [0.25, 0.3) is 0 Å². The summed E-state index contributed by atoms with van der Waals surface area (Å²) in [7, 11) is 0. The first-order valence-electron chi connectivity index (χ1n) is 6.01. The Kier molecular flexibility index (Phi) is 4.31. The van der Waals surface area contributed by atoms with Gasteiger partial charge in [-0.25, -0.2) is 0 Å². The third kappa shape index (κ3) is 3.97. The molecule has 1 aliphatic rings. The Morgan fingerprint density at radius 1 is 1.41 bits per heavy atom. The zero-order valence-corrected chi connectivity index (χ0v) is 10.6. The molecule has 4 heteroatoms. The average Bonchev–Trinajstić information content (AvgIpc) is 2.79. The molecule has 0 bridgehead atoms. The Labute approximate surface area is 106 Å². The normalized spacial score (nSPS) is 16.0. The van der Waals surface area contributed by atoms with Gasteiger partial charge < -0.3 is 11.1 Å². The highest BCUT2D eigenvalue weighted by atomic mass is 32.2. The Hall–Kier alpha value is -1.16. The number of nitrogens with two attached hydrogens (primary N) is 1. The van der Waals surface area contributed by atoms with Crippen molar-refractivity contribution in [1.29, 1.82) is 0 Å². The lowest BCUT2D eigenvalue weighted by molar-refractivity contribution is -0.113. The minimum Gasteiger partial charge on any atom is -0.399 e. The Morgan fingerprint density at radius 3 is 2.88 bits per heavy atom. The molecule has 0 heterocycles. The van der Waals surface area contributed by atoms with Gasteiger partial charge in [0.25, 0.3) is 0 Å². The van der Waals surface area contributed by atoms with E-state index in [1.165, 1.54) is 25.7 Å². The number of nitrogen functional groups attached to an aromatic ring is 1. The van der Waals surface area contributed by atoms with Gasteiger partial charge in [-0.05, 0) is 31.0 Å². The van der Waals surface area contributed by atoms with Crippen LogP contribution < -0.4 is 11.1 Å². The first kappa shape index (κ1) is 12.3. The van der Waals surface area contributed by atoms with Crippen molar-refractivity contribution in [2.24, 2.45) is 0 Å². The van der Waals surface area contributed by atoms with E-state index in [-0.39, 0.29) is 5.91 Å². The summed E-state index contributed by atoms with van der Waals surface area (Å²) in [5, 5.41) is 3.55. The number of hydrogen-bond acceptors (Lipinski definition) is 3. The molecule has 92 valence electrons. The fraction of sp³-hybridized carbons (Fsp3) is 0.462. The second kappa shape index (κ2) is 5.96. The van der Waals surface area contributed by atoms with Crippen LogP contribution >= 0.6 is 11.8 Å². The maximum Gasteiger partial charge on any atom is 0.234 e. The molecule has 17 heavy (non-hydrogen) atoms. The third-order valence-electron chi connectivity index (χ3n) is 2.92. The van der Waals surface area contributed by atoms with Gasteiger partial charge in [-0.15, -0.1) is 11.8 Å². The number of rotatable bonds is 4. The van der Waals surface area contributed by atoms with Crippen LogP contribution in [0.3, 0.4) is 0 Å². The number of nitrogens with one attached hydrogen (secondary N) is 1. The molecule has 0 spiro atoms. The summed E-state index contributed by atoms with van der Waals surface area (Å²) in [6.07, 6.45) is 5.15. The van der Waals surface area contributed by atoms with E-state index < -0.39 is 0 Å². The molecule has 3 N–H and O–H groups in total. The lowest BCUT2D eigenvalue weighted by Crippen LogP contribution is -2.15. The van der Waals surface area contributed by atoms with Crippen LogP contribution in [0.2, 0.25) is 0 Å². The highest BCUT2D eigenvalue weighted by Crippen LogP contribution is 2.29. The molecule has 3 nitrogen and oxygen atoms in total. The van der Waals surface area contributed by atoms with E-state index in [0.717, 1.165) is 5.69 Å². The van der Waals surface area contributed by atoms with Gasteiger partial charge in [-0.3, -0.25) is 4.79 Å². The monoisotopic (exact) mass is 250 g/mol. The molecule has 2 rings (SSSR count). The summed E-state index contributed by atoms with van der Waals surface area (Å²) in [6, 6.07) is 7.28. The van der Waals surface area contributed by atoms with Gasteiger partial charge in [-0.1, -0.05) is 18.9 Å². The van der Waals surface area contributed by atoms with Gasteiger partial charge in [0, 0.05) is 16.6 Å². The van der Waals surface area contributed by atoms with Crippen molar-refractivity contribution in [2.45, 2.75) is 30.9 Å². The molecule has 1 amide bonds. The standard InChI is InChI=1S/C13H18N2OS/c14-10-4-3-5-11(8-10)15-13(16)9-17-12-6-1-2-7-12/h3-5,8,12H,1-2,6-7,9,14H2,(H,15,16). The van der Waals surface area contributed by atoms with Crippen molar-refractivity contribution in [2.75, 3.05) is 16.8 Å².